The first-order chi connectivity index (χ1) is 9.60. The van der Waals surface area contributed by atoms with E-state index >= 15 is 0 Å². The fourth-order valence-electron chi connectivity index (χ4n) is 2.35. The maximum atomic E-state index is 6.06. The lowest BCUT2D eigenvalue weighted by Crippen LogP contribution is -2.00. The minimum Gasteiger partial charge on any atom is -0.280 e. The van der Waals surface area contributed by atoms with Crippen LogP contribution in [0.25, 0.3) is 16.9 Å². The van der Waals surface area contributed by atoms with Crippen molar-refractivity contribution in [3.63, 3.8) is 0 Å². The lowest BCUT2D eigenvalue weighted by Gasteiger charge is -2.09. The Bertz CT molecular complexity index is 775. The Morgan fingerprint density at radius 3 is 2.75 bits per heavy atom. The summed E-state index contributed by atoms with van der Waals surface area (Å²) in [7, 11) is 0. The van der Waals surface area contributed by atoms with Gasteiger partial charge in [-0.25, -0.2) is 9.97 Å². The Kier molecular flexibility index (Phi) is 3.52. The van der Waals surface area contributed by atoms with Gasteiger partial charge in [-0.15, -0.1) is 11.6 Å². The van der Waals surface area contributed by atoms with Gasteiger partial charge in [0.25, 0.3) is 0 Å². The first kappa shape index (κ1) is 13.6. The second-order valence-electron chi connectivity index (χ2n) is 4.78. The molecule has 2 aromatic heterocycles. The average Bonchev–Trinajstić information content (AvgIpc) is 2.77. The van der Waals surface area contributed by atoms with Crippen molar-refractivity contribution in [3.05, 3.63) is 51.9 Å². The van der Waals surface area contributed by atoms with Crippen molar-refractivity contribution in [2.75, 3.05) is 0 Å². The van der Waals surface area contributed by atoms with E-state index < -0.39 is 0 Å². The molecular weight excluding hydrogens is 338 g/mol. The molecule has 2 heterocycles. The van der Waals surface area contributed by atoms with Crippen molar-refractivity contribution < 1.29 is 0 Å². The van der Waals surface area contributed by atoms with Gasteiger partial charge in [-0.1, -0.05) is 15.9 Å². The van der Waals surface area contributed by atoms with Crippen molar-refractivity contribution in [3.8, 4) is 5.69 Å². The molecule has 0 aliphatic heterocycles. The van der Waals surface area contributed by atoms with E-state index in [2.05, 4.69) is 45.0 Å². The largest absolute Gasteiger partial charge is 0.280 e. The van der Waals surface area contributed by atoms with Gasteiger partial charge in [0.2, 0.25) is 0 Å². The van der Waals surface area contributed by atoms with Crippen LogP contribution < -0.4 is 0 Å². The summed E-state index contributed by atoms with van der Waals surface area (Å²) in [6.07, 6.45) is 1.80. The van der Waals surface area contributed by atoms with E-state index in [4.69, 9.17) is 11.6 Å². The van der Waals surface area contributed by atoms with Crippen LogP contribution in [0.5, 0.6) is 0 Å². The minimum absolute atomic E-state index is 0.349. The summed E-state index contributed by atoms with van der Waals surface area (Å²) in [5.41, 5.74) is 5.04. The number of alkyl halides is 1. The molecule has 3 nitrogen and oxygen atoms in total. The lowest BCUT2D eigenvalue weighted by atomic mass is 10.2. The Morgan fingerprint density at radius 2 is 2.05 bits per heavy atom. The molecule has 0 aliphatic carbocycles. The van der Waals surface area contributed by atoms with Gasteiger partial charge >= 0.3 is 0 Å². The molecule has 0 unspecified atom stereocenters. The summed E-state index contributed by atoms with van der Waals surface area (Å²) in [6, 6.07) is 8.19. The number of imidazole rings is 1. The molecule has 0 N–H and O–H groups in total. The second-order valence-corrected chi connectivity index (χ2v) is 5.97. The Balaban J connectivity index is 2.37. The fourth-order valence-corrected chi connectivity index (χ4v) is 3.12. The number of aromatic nitrogens is 3. The Hall–Kier alpha value is -1.39. The van der Waals surface area contributed by atoms with E-state index in [9.17, 15) is 0 Å². The predicted molar refractivity (Wildman–Crippen MR) is 85.6 cm³/mol. The molecule has 0 saturated heterocycles. The van der Waals surface area contributed by atoms with E-state index in [1.807, 2.05) is 23.6 Å². The molecule has 0 amide bonds. The van der Waals surface area contributed by atoms with E-state index in [0.29, 0.717) is 5.88 Å². The average molecular weight is 351 g/mol. The molecule has 0 saturated carbocycles. The number of benzene rings is 1. The van der Waals surface area contributed by atoms with Crippen LogP contribution in [0, 0.1) is 13.8 Å². The molecular formula is C15H13BrClN3. The Morgan fingerprint density at radius 1 is 1.25 bits per heavy atom. The van der Waals surface area contributed by atoms with E-state index in [-0.39, 0.29) is 0 Å². The van der Waals surface area contributed by atoms with Crippen LogP contribution in [0.4, 0.5) is 0 Å². The van der Waals surface area contributed by atoms with Crippen molar-refractivity contribution in [1.29, 1.82) is 0 Å². The lowest BCUT2D eigenvalue weighted by molar-refractivity contribution is 0.967. The monoisotopic (exact) mass is 349 g/mol. The first-order valence-corrected chi connectivity index (χ1v) is 7.59. The van der Waals surface area contributed by atoms with Crippen LogP contribution in [-0.4, -0.2) is 14.5 Å². The number of pyridine rings is 1. The van der Waals surface area contributed by atoms with Crippen molar-refractivity contribution in [1.82, 2.24) is 14.5 Å². The van der Waals surface area contributed by atoms with E-state index in [0.717, 1.165) is 32.7 Å². The second kappa shape index (κ2) is 5.19. The van der Waals surface area contributed by atoms with E-state index in [1.165, 1.54) is 5.56 Å². The number of halogens is 2. The van der Waals surface area contributed by atoms with Crippen LogP contribution in [-0.2, 0) is 5.88 Å². The van der Waals surface area contributed by atoms with Gasteiger partial charge in [-0.3, -0.25) is 4.57 Å². The molecule has 0 atom stereocenters. The van der Waals surface area contributed by atoms with Crippen molar-refractivity contribution in [2.45, 2.75) is 19.7 Å². The molecule has 3 aromatic rings. The minimum atomic E-state index is 0.349. The summed E-state index contributed by atoms with van der Waals surface area (Å²) < 4.78 is 3.05. The molecule has 20 heavy (non-hydrogen) atoms. The van der Waals surface area contributed by atoms with Gasteiger partial charge in [0.15, 0.2) is 5.65 Å². The standard InChI is InChI=1S/C15H13BrClN3/c1-9-5-11(16)7-12(6-9)20-13(8-17)19-14-10(2)3-4-18-15(14)20/h3-7H,8H2,1-2H3. The topological polar surface area (TPSA) is 30.7 Å². The smallest absolute Gasteiger partial charge is 0.164 e. The van der Waals surface area contributed by atoms with Crippen LogP contribution in [0.1, 0.15) is 17.0 Å². The first-order valence-electron chi connectivity index (χ1n) is 6.26. The Labute approximate surface area is 130 Å². The highest BCUT2D eigenvalue weighted by atomic mass is 79.9. The summed E-state index contributed by atoms with van der Waals surface area (Å²) in [4.78, 5) is 9.09. The van der Waals surface area contributed by atoms with Crippen molar-refractivity contribution >= 4 is 38.7 Å². The normalized spacial score (nSPS) is 11.2. The molecule has 0 fully saturated rings. The third-order valence-electron chi connectivity index (χ3n) is 3.22. The number of nitrogens with zero attached hydrogens (tertiary/aromatic N) is 3. The third-order valence-corrected chi connectivity index (χ3v) is 3.92. The molecule has 102 valence electrons. The quantitative estimate of drug-likeness (QED) is 0.635. The molecule has 0 spiro atoms. The van der Waals surface area contributed by atoms with Gasteiger partial charge < -0.3 is 0 Å². The summed E-state index contributed by atoms with van der Waals surface area (Å²) in [6.45, 7) is 4.10. The zero-order chi connectivity index (χ0) is 14.3. The maximum absolute atomic E-state index is 6.06. The molecule has 0 bridgehead atoms. The number of aryl methyl sites for hydroxylation is 2. The zero-order valence-electron chi connectivity index (χ0n) is 11.2. The molecule has 1 aromatic carbocycles. The maximum Gasteiger partial charge on any atom is 0.164 e. The van der Waals surface area contributed by atoms with E-state index in [1.54, 1.807) is 6.20 Å². The molecule has 3 rings (SSSR count). The van der Waals surface area contributed by atoms with Gasteiger partial charge in [-0.2, -0.15) is 0 Å². The number of hydrogen-bond acceptors (Lipinski definition) is 2. The fraction of sp³-hybridized carbons (Fsp3) is 0.200. The summed E-state index contributed by atoms with van der Waals surface area (Å²) >= 11 is 9.60. The zero-order valence-corrected chi connectivity index (χ0v) is 13.5. The van der Waals surface area contributed by atoms with Gasteiger partial charge in [0.1, 0.15) is 11.3 Å². The summed E-state index contributed by atoms with van der Waals surface area (Å²) in [5, 5.41) is 0. The SMILES string of the molecule is Cc1cc(Br)cc(-n2c(CCl)nc3c(C)ccnc32)c1. The van der Waals surface area contributed by atoms with Crippen molar-refractivity contribution in [2.24, 2.45) is 0 Å². The van der Waals surface area contributed by atoms with Crippen LogP contribution in [0.2, 0.25) is 0 Å². The number of rotatable bonds is 2. The highest BCUT2D eigenvalue weighted by Crippen LogP contribution is 2.26. The number of hydrogen-bond donors (Lipinski definition) is 0. The van der Waals surface area contributed by atoms with Gasteiger partial charge in [0, 0.05) is 10.7 Å². The summed E-state index contributed by atoms with van der Waals surface area (Å²) in [5.74, 6) is 1.16. The van der Waals surface area contributed by atoms with Crippen LogP contribution >= 0.6 is 27.5 Å². The predicted octanol–water partition coefficient (Wildman–Crippen LogP) is 4.54. The molecule has 0 radical (unpaired) electrons. The molecule has 0 aliphatic rings. The van der Waals surface area contributed by atoms with Gasteiger partial charge in [-0.05, 0) is 49.2 Å². The highest BCUT2D eigenvalue weighted by Gasteiger charge is 2.14. The van der Waals surface area contributed by atoms with Gasteiger partial charge in [0.05, 0.1) is 11.6 Å². The number of fused-ring (bicyclic) bond motifs is 1. The van der Waals surface area contributed by atoms with Crippen LogP contribution in [0.15, 0.2) is 34.9 Å². The third kappa shape index (κ3) is 2.23. The highest BCUT2D eigenvalue weighted by molar-refractivity contribution is 9.10. The molecule has 5 heteroatoms. The van der Waals surface area contributed by atoms with Crippen LogP contribution in [0.3, 0.4) is 0 Å².